The number of nitrogens with one attached hydrogen (secondary N) is 1. The quantitative estimate of drug-likeness (QED) is 0.635. The van der Waals surface area contributed by atoms with Gasteiger partial charge in [-0.1, -0.05) is 11.6 Å². The van der Waals surface area contributed by atoms with Gasteiger partial charge in [-0.05, 0) is 0 Å². The van der Waals surface area contributed by atoms with E-state index < -0.39 is 20.6 Å². The predicted octanol–water partition coefficient (Wildman–Crippen LogP) is 1.48. The van der Waals surface area contributed by atoms with Crippen molar-refractivity contribution >= 4 is 38.6 Å². The largest absolute Gasteiger partial charge is 0.336 e. The van der Waals surface area contributed by atoms with E-state index in [1.54, 1.807) is 23.3 Å². The van der Waals surface area contributed by atoms with Crippen LogP contribution in [0.5, 0.6) is 0 Å². The monoisotopic (exact) mass is 336 g/mol. The van der Waals surface area contributed by atoms with Gasteiger partial charge < -0.3 is 4.57 Å². The number of halogens is 1. The summed E-state index contributed by atoms with van der Waals surface area (Å²) < 4.78 is 27.6. The third-order valence-corrected chi connectivity index (χ3v) is 5.60. The number of nitrogens with zero attached hydrogens (tertiary/aromatic N) is 3. The first-order chi connectivity index (χ1) is 9.40. The zero-order valence-corrected chi connectivity index (χ0v) is 12.3. The Hall–Kier alpha value is -1.49. The van der Waals surface area contributed by atoms with Crippen molar-refractivity contribution in [2.75, 3.05) is 6.54 Å². The van der Waals surface area contributed by atoms with Gasteiger partial charge in [-0.3, -0.25) is 10.1 Å². The Kier molecular flexibility index (Phi) is 4.38. The molecule has 0 unspecified atom stereocenters. The minimum atomic E-state index is -3.80. The van der Waals surface area contributed by atoms with E-state index in [2.05, 4.69) is 9.71 Å². The van der Waals surface area contributed by atoms with Crippen molar-refractivity contribution in [1.29, 1.82) is 0 Å². The number of sulfonamides is 1. The van der Waals surface area contributed by atoms with Gasteiger partial charge in [0.1, 0.15) is 4.21 Å². The topological polar surface area (TPSA) is 107 Å². The first kappa shape index (κ1) is 14.9. The van der Waals surface area contributed by atoms with Gasteiger partial charge in [0.25, 0.3) is 5.69 Å². The molecule has 8 nitrogen and oxygen atoms in total. The van der Waals surface area contributed by atoms with E-state index in [0.29, 0.717) is 17.9 Å². The fourth-order valence-electron chi connectivity index (χ4n) is 1.39. The zero-order chi connectivity index (χ0) is 14.8. The molecule has 0 aromatic carbocycles. The molecule has 0 spiro atoms. The van der Waals surface area contributed by atoms with Gasteiger partial charge in [-0.25, -0.2) is 18.1 Å². The Bertz CT molecular complexity index is 710. The van der Waals surface area contributed by atoms with Gasteiger partial charge in [0.15, 0.2) is 4.34 Å². The van der Waals surface area contributed by atoms with Crippen LogP contribution in [0.1, 0.15) is 0 Å². The lowest BCUT2D eigenvalue weighted by atomic mass is 10.6. The Morgan fingerprint density at radius 3 is 2.85 bits per heavy atom. The van der Waals surface area contributed by atoms with Crippen LogP contribution in [0.25, 0.3) is 0 Å². The van der Waals surface area contributed by atoms with E-state index in [-0.39, 0.29) is 15.1 Å². The number of thiophene rings is 1. The predicted molar refractivity (Wildman–Crippen MR) is 73.4 cm³/mol. The summed E-state index contributed by atoms with van der Waals surface area (Å²) in [4.78, 5) is 13.7. The van der Waals surface area contributed by atoms with Crippen molar-refractivity contribution in [2.24, 2.45) is 0 Å². The van der Waals surface area contributed by atoms with E-state index in [9.17, 15) is 18.5 Å². The van der Waals surface area contributed by atoms with Gasteiger partial charge in [-0.2, -0.15) is 0 Å². The van der Waals surface area contributed by atoms with Crippen LogP contribution >= 0.6 is 22.9 Å². The number of aromatic nitrogens is 2. The van der Waals surface area contributed by atoms with Crippen molar-refractivity contribution in [1.82, 2.24) is 14.3 Å². The molecular formula is C9H9ClN4O4S2. The summed E-state index contributed by atoms with van der Waals surface area (Å²) in [7, 11) is -3.80. The Labute approximate surface area is 123 Å². The highest BCUT2D eigenvalue weighted by atomic mass is 35.5. The van der Waals surface area contributed by atoms with E-state index in [0.717, 1.165) is 6.07 Å². The standard InChI is InChI=1S/C9H9ClN4O4S2/c10-9-7(14(15)16)5-8(19-9)20(17,18)12-2-4-13-3-1-11-6-13/h1,3,5-6,12H,2,4H2. The summed E-state index contributed by atoms with van der Waals surface area (Å²) in [5.74, 6) is 0. The van der Waals surface area contributed by atoms with Crippen LogP contribution in [0, 0.1) is 10.1 Å². The average Bonchev–Trinajstić information content (AvgIpc) is 2.98. The van der Waals surface area contributed by atoms with Crippen LogP contribution in [0.3, 0.4) is 0 Å². The SMILES string of the molecule is O=[N+]([O-])c1cc(S(=O)(=O)NCCn2ccnc2)sc1Cl. The summed E-state index contributed by atoms with van der Waals surface area (Å²) in [6.45, 7) is 0.544. The third kappa shape index (κ3) is 3.33. The smallest absolute Gasteiger partial charge is 0.300 e. The van der Waals surface area contributed by atoms with E-state index in [1.165, 1.54) is 0 Å². The summed E-state index contributed by atoms with van der Waals surface area (Å²) in [6.07, 6.45) is 4.83. The van der Waals surface area contributed by atoms with Gasteiger partial charge >= 0.3 is 0 Å². The molecular weight excluding hydrogens is 328 g/mol. The van der Waals surface area contributed by atoms with Crippen molar-refractivity contribution in [3.05, 3.63) is 39.2 Å². The maximum Gasteiger partial charge on any atom is 0.300 e. The molecule has 0 atom stereocenters. The average molecular weight is 337 g/mol. The number of imidazole rings is 1. The van der Waals surface area contributed by atoms with Crippen molar-refractivity contribution in [3.8, 4) is 0 Å². The minimum Gasteiger partial charge on any atom is -0.336 e. The normalized spacial score (nSPS) is 11.7. The molecule has 20 heavy (non-hydrogen) atoms. The van der Waals surface area contributed by atoms with Crippen LogP contribution in [-0.2, 0) is 16.6 Å². The van der Waals surface area contributed by atoms with E-state index in [4.69, 9.17) is 11.6 Å². The van der Waals surface area contributed by atoms with Crippen LogP contribution in [0.4, 0.5) is 5.69 Å². The van der Waals surface area contributed by atoms with Crippen LogP contribution in [0.2, 0.25) is 4.34 Å². The Morgan fingerprint density at radius 2 is 2.30 bits per heavy atom. The molecule has 0 radical (unpaired) electrons. The van der Waals surface area contributed by atoms with Crippen molar-refractivity contribution < 1.29 is 13.3 Å². The fourth-order valence-corrected chi connectivity index (χ4v) is 4.12. The molecule has 2 heterocycles. The Morgan fingerprint density at radius 1 is 1.55 bits per heavy atom. The maximum atomic E-state index is 11.9. The molecule has 0 saturated heterocycles. The van der Waals surface area contributed by atoms with Crippen LogP contribution < -0.4 is 4.72 Å². The van der Waals surface area contributed by atoms with E-state index >= 15 is 0 Å². The fraction of sp³-hybridized carbons (Fsp3) is 0.222. The molecule has 0 saturated carbocycles. The summed E-state index contributed by atoms with van der Waals surface area (Å²) in [6, 6.07) is 0.951. The van der Waals surface area contributed by atoms with E-state index in [1.807, 2.05) is 0 Å². The second kappa shape index (κ2) is 5.87. The molecule has 0 amide bonds. The highest BCUT2D eigenvalue weighted by molar-refractivity contribution is 7.91. The summed E-state index contributed by atoms with van der Waals surface area (Å²) in [5, 5.41) is 10.6. The highest BCUT2D eigenvalue weighted by Gasteiger charge is 2.24. The van der Waals surface area contributed by atoms with Crippen molar-refractivity contribution in [3.63, 3.8) is 0 Å². The second-order valence-electron chi connectivity index (χ2n) is 3.68. The molecule has 0 aliphatic rings. The van der Waals surface area contributed by atoms with Gasteiger partial charge in [0.2, 0.25) is 10.0 Å². The van der Waals surface area contributed by atoms with Gasteiger partial charge in [0, 0.05) is 31.5 Å². The van der Waals surface area contributed by atoms with Crippen LogP contribution in [0.15, 0.2) is 29.0 Å². The lowest BCUT2D eigenvalue weighted by Gasteiger charge is -2.04. The number of rotatable bonds is 6. The highest BCUT2D eigenvalue weighted by Crippen LogP contribution is 2.35. The number of hydrogen-bond acceptors (Lipinski definition) is 6. The van der Waals surface area contributed by atoms with Gasteiger partial charge in [-0.15, -0.1) is 11.3 Å². The molecule has 2 rings (SSSR count). The molecule has 0 aliphatic heterocycles. The number of nitro groups is 1. The maximum absolute atomic E-state index is 11.9. The molecule has 1 N–H and O–H groups in total. The molecule has 0 bridgehead atoms. The first-order valence-corrected chi connectivity index (χ1v) is 7.97. The lowest BCUT2D eigenvalue weighted by molar-refractivity contribution is -0.384. The molecule has 2 aromatic heterocycles. The van der Waals surface area contributed by atoms with Crippen LogP contribution in [-0.4, -0.2) is 29.4 Å². The summed E-state index contributed by atoms with van der Waals surface area (Å²) >= 11 is 6.29. The number of hydrogen-bond donors (Lipinski definition) is 1. The van der Waals surface area contributed by atoms with Crippen molar-refractivity contribution in [2.45, 2.75) is 10.8 Å². The molecule has 2 aromatic rings. The second-order valence-corrected chi connectivity index (χ2v) is 7.33. The third-order valence-electron chi connectivity index (χ3n) is 2.33. The minimum absolute atomic E-state index is 0.141. The summed E-state index contributed by atoms with van der Waals surface area (Å²) in [5.41, 5.74) is -0.411. The molecule has 0 fully saturated rings. The Balaban J connectivity index is 2.06. The molecule has 11 heteroatoms. The molecule has 0 aliphatic carbocycles. The zero-order valence-electron chi connectivity index (χ0n) is 9.89. The first-order valence-electron chi connectivity index (χ1n) is 5.29. The molecule has 108 valence electrons. The lowest BCUT2D eigenvalue weighted by Crippen LogP contribution is -2.26. The van der Waals surface area contributed by atoms with Gasteiger partial charge in [0.05, 0.1) is 11.3 Å².